The second-order valence-corrected chi connectivity index (χ2v) is 12.9. The molecule has 1 aliphatic heterocycles. The predicted molar refractivity (Wildman–Crippen MR) is 179 cm³/mol. The molecule has 2 fully saturated rings. The van der Waals surface area contributed by atoms with E-state index in [0.717, 1.165) is 50.6 Å². The SMILES string of the molecule is O=C(N[C@H](C=C1CCC(c2ccccc2CN2CCCCC2=O)CC1)Cc1ccc(Cl)cc1)c1cc(=O)c2cccc(Cl)c2o1. The van der Waals surface area contributed by atoms with E-state index in [-0.39, 0.29) is 33.7 Å². The Bertz CT molecular complexity index is 1790. The lowest BCUT2D eigenvalue weighted by Crippen LogP contribution is -2.36. The molecule has 1 aliphatic carbocycles. The average molecular weight is 644 g/mol. The van der Waals surface area contributed by atoms with Crippen molar-refractivity contribution in [2.24, 2.45) is 0 Å². The van der Waals surface area contributed by atoms with Crippen LogP contribution in [0.5, 0.6) is 0 Å². The summed E-state index contributed by atoms with van der Waals surface area (Å²) in [7, 11) is 0. The van der Waals surface area contributed by atoms with Crippen molar-refractivity contribution in [2.45, 2.75) is 69.9 Å². The molecule has 1 saturated heterocycles. The van der Waals surface area contributed by atoms with Crippen molar-refractivity contribution < 1.29 is 14.0 Å². The van der Waals surface area contributed by atoms with Crippen LogP contribution in [0.2, 0.25) is 10.0 Å². The van der Waals surface area contributed by atoms with E-state index in [1.165, 1.54) is 22.8 Å². The summed E-state index contributed by atoms with van der Waals surface area (Å²) in [4.78, 5) is 40.7. The largest absolute Gasteiger partial charge is 0.449 e. The van der Waals surface area contributed by atoms with Gasteiger partial charge in [-0.2, -0.15) is 0 Å². The number of halogens is 2. The van der Waals surface area contributed by atoms with Crippen molar-refractivity contribution in [1.82, 2.24) is 10.2 Å². The fourth-order valence-corrected chi connectivity index (χ4v) is 6.92. The van der Waals surface area contributed by atoms with Crippen LogP contribution in [-0.4, -0.2) is 29.3 Å². The average Bonchev–Trinajstić information content (AvgIpc) is 3.04. The van der Waals surface area contributed by atoms with E-state index in [1.54, 1.807) is 18.2 Å². The van der Waals surface area contributed by atoms with Gasteiger partial charge in [-0.25, -0.2) is 0 Å². The Morgan fingerprint density at radius 2 is 1.73 bits per heavy atom. The maximum atomic E-state index is 13.4. The summed E-state index contributed by atoms with van der Waals surface area (Å²) in [6.45, 7) is 1.51. The van der Waals surface area contributed by atoms with Crippen LogP contribution >= 0.6 is 23.2 Å². The first-order valence-electron chi connectivity index (χ1n) is 15.7. The number of hydrogen-bond donors (Lipinski definition) is 1. The van der Waals surface area contributed by atoms with Crippen LogP contribution in [0.1, 0.15) is 78.1 Å². The first kappa shape index (κ1) is 31.1. The van der Waals surface area contributed by atoms with Crippen LogP contribution in [0.4, 0.5) is 0 Å². The minimum absolute atomic E-state index is 0.0763. The number of carbonyl (C=O) groups excluding carboxylic acids is 2. The van der Waals surface area contributed by atoms with Gasteiger partial charge in [-0.1, -0.05) is 77.3 Å². The van der Waals surface area contributed by atoms with Gasteiger partial charge in [0.25, 0.3) is 5.91 Å². The lowest BCUT2D eigenvalue weighted by Gasteiger charge is -2.31. The lowest BCUT2D eigenvalue weighted by molar-refractivity contribution is -0.133. The van der Waals surface area contributed by atoms with Crippen molar-refractivity contribution >= 4 is 46.0 Å². The quantitative estimate of drug-likeness (QED) is 0.196. The molecule has 0 unspecified atom stereocenters. The Labute approximate surface area is 273 Å². The first-order chi connectivity index (χ1) is 21.8. The highest BCUT2D eigenvalue weighted by Gasteiger charge is 2.25. The zero-order valence-corrected chi connectivity index (χ0v) is 26.6. The zero-order valence-electron chi connectivity index (χ0n) is 25.1. The predicted octanol–water partition coefficient (Wildman–Crippen LogP) is 8.24. The summed E-state index contributed by atoms with van der Waals surface area (Å²) in [6.07, 6.45) is 9.24. The Morgan fingerprint density at radius 3 is 2.51 bits per heavy atom. The molecular weight excluding hydrogens is 607 g/mol. The van der Waals surface area contributed by atoms with Crippen LogP contribution in [0, 0.1) is 0 Å². The molecule has 2 heterocycles. The Balaban J connectivity index is 1.19. The van der Waals surface area contributed by atoms with Gasteiger partial charge in [-0.05, 0) is 91.8 Å². The number of fused-ring (bicyclic) bond motifs is 1. The van der Waals surface area contributed by atoms with Crippen LogP contribution in [-0.2, 0) is 17.8 Å². The third-order valence-corrected chi connectivity index (χ3v) is 9.51. The molecule has 6 nitrogen and oxygen atoms in total. The van der Waals surface area contributed by atoms with Gasteiger partial charge in [0.2, 0.25) is 5.91 Å². The first-order valence-corrected chi connectivity index (χ1v) is 16.4. The molecule has 232 valence electrons. The van der Waals surface area contributed by atoms with Gasteiger partial charge >= 0.3 is 0 Å². The number of piperidine rings is 1. The van der Waals surface area contributed by atoms with Gasteiger partial charge in [0, 0.05) is 30.6 Å². The number of rotatable bonds is 8. The maximum Gasteiger partial charge on any atom is 0.287 e. The van der Waals surface area contributed by atoms with E-state index in [1.807, 2.05) is 29.2 Å². The van der Waals surface area contributed by atoms with E-state index >= 15 is 0 Å². The van der Waals surface area contributed by atoms with E-state index in [4.69, 9.17) is 27.6 Å². The molecule has 1 aromatic heterocycles. The standard InChI is InChI=1S/C37H36Cl2N2O4/c38-28-17-13-25(14-18-28)21-29(40-37(44)34-22-33(42)31-8-5-9-32(39)36(31)45-34)20-24-11-15-26(16-12-24)30-7-2-1-6-27(30)23-41-19-4-3-10-35(41)43/h1-2,5-9,13-14,17-18,20,22,26,29H,3-4,10-12,15-16,19,21,23H2,(H,40,44)/t26?,29-/m1/s1. The second kappa shape index (κ2) is 14.1. The summed E-state index contributed by atoms with van der Waals surface area (Å²) in [5.41, 5.74) is 4.78. The number of nitrogens with zero attached hydrogens (tertiary/aromatic N) is 1. The van der Waals surface area contributed by atoms with E-state index in [0.29, 0.717) is 35.7 Å². The third kappa shape index (κ3) is 7.51. The van der Waals surface area contributed by atoms with Crippen LogP contribution in [0.25, 0.3) is 11.0 Å². The molecule has 0 spiro atoms. The monoisotopic (exact) mass is 642 g/mol. The van der Waals surface area contributed by atoms with Gasteiger partial charge in [0.05, 0.1) is 16.5 Å². The summed E-state index contributed by atoms with van der Waals surface area (Å²) in [6, 6.07) is 22.0. The van der Waals surface area contributed by atoms with Crippen LogP contribution in [0.15, 0.2) is 93.7 Å². The molecule has 2 amide bonds. The van der Waals surface area contributed by atoms with Crippen LogP contribution < -0.4 is 10.7 Å². The van der Waals surface area contributed by atoms with Crippen molar-refractivity contribution in [1.29, 1.82) is 0 Å². The Morgan fingerprint density at radius 1 is 0.956 bits per heavy atom. The summed E-state index contributed by atoms with van der Waals surface area (Å²) < 4.78 is 5.82. The number of amides is 2. The van der Waals surface area contributed by atoms with E-state index in [9.17, 15) is 14.4 Å². The van der Waals surface area contributed by atoms with Gasteiger partial charge in [0.15, 0.2) is 16.8 Å². The van der Waals surface area contributed by atoms with Crippen LogP contribution in [0.3, 0.4) is 0 Å². The second-order valence-electron chi connectivity index (χ2n) is 12.1. The molecule has 45 heavy (non-hydrogen) atoms. The van der Waals surface area contributed by atoms with Crippen molar-refractivity contribution in [3.63, 3.8) is 0 Å². The van der Waals surface area contributed by atoms with E-state index < -0.39 is 5.91 Å². The minimum atomic E-state index is -0.473. The lowest BCUT2D eigenvalue weighted by atomic mass is 9.79. The molecule has 3 aromatic carbocycles. The Kier molecular flexibility index (Phi) is 9.72. The number of benzene rings is 3. The maximum absolute atomic E-state index is 13.4. The number of allylic oxidation sites excluding steroid dienone is 1. The number of para-hydroxylation sites is 1. The summed E-state index contributed by atoms with van der Waals surface area (Å²) in [5.74, 6) is 0.121. The molecular formula is C37H36Cl2N2O4. The fourth-order valence-electron chi connectivity index (χ4n) is 6.58. The molecule has 1 saturated carbocycles. The van der Waals surface area contributed by atoms with Crippen molar-refractivity contribution in [3.05, 3.63) is 127 Å². The smallest absolute Gasteiger partial charge is 0.287 e. The van der Waals surface area contributed by atoms with Gasteiger partial charge in [-0.3, -0.25) is 14.4 Å². The molecule has 8 heteroatoms. The molecule has 0 bridgehead atoms. The minimum Gasteiger partial charge on any atom is -0.449 e. The van der Waals surface area contributed by atoms with Crippen molar-refractivity contribution in [3.8, 4) is 0 Å². The third-order valence-electron chi connectivity index (χ3n) is 8.96. The highest BCUT2D eigenvalue weighted by molar-refractivity contribution is 6.34. The number of carbonyl (C=O) groups is 2. The Hall–Kier alpha value is -3.87. The molecule has 0 radical (unpaired) electrons. The number of likely N-dealkylation sites (tertiary alicyclic amines) is 1. The fraction of sp³-hybridized carbons (Fsp3) is 0.324. The molecule has 6 rings (SSSR count). The number of nitrogens with one attached hydrogen (secondary N) is 1. The molecule has 2 aliphatic rings. The van der Waals surface area contributed by atoms with E-state index in [2.05, 4.69) is 35.7 Å². The highest BCUT2D eigenvalue weighted by Crippen LogP contribution is 2.37. The molecule has 1 atom stereocenters. The van der Waals surface area contributed by atoms with Gasteiger partial charge in [-0.15, -0.1) is 0 Å². The topological polar surface area (TPSA) is 79.6 Å². The number of hydrogen-bond acceptors (Lipinski definition) is 4. The van der Waals surface area contributed by atoms with Gasteiger partial charge < -0.3 is 14.6 Å². The highest BCUT2D eigenvalue weighted by atomic mass is 35.5. The zero-order chi connectivity index (χ0) is 31.3. The summed E-state index contributed by atoms with van der Waals surface area (Å²) >= 11 is 12.4. The normalized spacial score (nSPS) is 17.7. The van der Waals surface area contributed by atoms with Gasteiger partial charge in [0.1, 0.15) is 0 Å². The molecule has 4 aromatic rings. The summed E-state index contributed by atoms with van der Waals surface area (Å²) in [5, 5.41) is 4.35. The molecule has 1 N–H and O–H groups in total. The van der Waals surface area contributed by atoms with Crippen molar-refractivity contribution in [2.75, 3.05) is 6.54 Å².